The Labute approximate surface area is 89.3 Å². The summed E-state index contributed by atoms with van der Waals surface area (Å²) < 4.78 is 0. The minimum Gasteiger partial charge on any atom is -0.350 e. The molecule has 0 aliphatic heterocycles. The molecule has 0 aliphatic carbocycles. The fourth-order valence-electron chi connectivity index (χ4n) is 0.938. The van der Waals surface area contributed by atoms with Gasteiger partial charge in [0.2, 0.25) is 5.91 Å². The average Bonchev–Trinajstić information content (AvgIpc) is 2.26. The summed E-state index contributed by atoms with van der Waals surface area (Å²) >= 11 is 4.06. The number of rotatable bonds is 4. The summed E-state index contributed by atoms with van der Waals surface area (Å²) in [5.41, 5.74) is 0.868. The first-order valence-corrected chi connectivity index (χ1v) is 5.15. The number of carbonyl (C=O) groups is 1. The van der Waals surface area contributed by atoms with Crippen LogP contribution >= 0.6 is 12.6 Å². The first-order valence-electron chi connectivity index (χ1n) is 4.52. The van der Waals surface area contributed by atoms with E-state index < -0.39 is 0 Å². The molecule has 3 nitrogen and oxygen atoms in total. The van der Waals surface area contributed by atoms with E-state index in [9.17, 15) is 4.79 Å². The molecule has 1 aromatic heterocycles. The number of amides is 1. The van der Waals surface area contributed by atoms with E-state index >= 15 is 0 Å². The van der Waals surface area contributed by atoms with Crippen molar-refractivity contribution in [3.05, 3.63) is 30.1 Å². The minimum atomic E-state index is -0.0537. The first kappa shape index (κ1) is 11.0. The van der Waals surface area contributed by atoms with Crippen LogP contribution in [-0.2, 0) is 11.3 Å². The topological polar surface area (TPSA) is 42.0 Å². The van der Waals surface area contributed by atoms with Crippen molar-refractivity contribution in [1.82, 2.24) is 10.3 Å². The Balaban J connectivity index is 2.38. The molecule has 0 aromatic carbocycles. The molecule has 1 N–H and O–H groups in total. The van der Waals surface area contributed by atoms with Crippen molar-refractivity contribution in [2.45, 2.75) is 13.5 Å². The molecule has 0 spiro atoms. The second-order valence-corrected chi connectivity index (χ2v) is 3.49. The lowest BCUT2D eigenvalue weighted by Gasteiger charge is -2.08. The van der Waals surface area contributed by atoms with E-state index in [1.54, 1.807) is 6.20 Å². The Hall–Kier alpha value is -1.03. The van der Waals surface area contributed by atoms with Gasteiger partial charge in [0.05, 0.1) is 12.2 Å². The van der Waals surface area contributed by atoms with E-state index in [0.717, 1.165) is 5.69 Å². The van der Waals surface area contributed by atoms with Crippen LogP contribution in [0.25, 0.3) is 0 Å². The van der Waals surface area contributed by atoms with Crippen molar-refractivity contribution in [2.75, 3.05) is 5.75 Å². The number of nitrogens with zero attached hydrogens (tertiary/aromatic N) is 1. The number of aromatic nitrogens is 1. The number of thiol groups is 1. The lowest BCUT2D eigenvalue weighted by Crippen LogP contribution is -2.29. The van der Waals surface area contributed by atoms with Gasteiger partial charge in [0.1, 0.15) is 0 Å². The van der Waals surface area contributed by atoms with Gasteiger partial charge in [0.15, 0.2) is 0 Å². The zero-order chi connectivity index (χ0) is 10.4. The van der Waals surface area contributed by atoms with Crippen molar-refractivity contribution in [2.24, 2.45) is 5.92 Å². The lowest BCUT2D eigenvalue weighted by molar-refractivity contribution is -0.124. The predicted octanol–water partition coefficient (Wildman–Crippen LogP) is 1.26. The van der Waals surface area contributed by atoms with E-state index in [0.29, 0.717) is 12.3 Å². The zero-order valence-corrected chi connectivity index (χ0v) is 9.00. The molecule has 0 radical (unpaired) electrons. The van der Waals surface area contributed by atoms with Crippen molar-refractivity contribution < 1.29 is 4.79 Å². The van der Waals surface area contributed by atoms with Crippen LogP contribution in [-0.4, -0.2) is 16.6 Å². The van der Waals surface area contributed by atoms with Crippen LogP contribution < -0.4 is 5.32 Å². The van der Waals surface area contributed by atoms with Gasteiger partial charge in [-0.3, -0.25) is 9.78 Å². The Bertz CT molecular complexity index is 289. The normalized spacial score (nSPS) is 12.1. The maximum atomic E-state index is 11.4. The van der Waals surface area contributed by atoms with E-state index in [2.05, 4.69) is 22.9 Å². The van der Waals surface area contributed by atoms with E-state index in [1.807, 2.05) is 25.1 Å². The number of hydrogen-bond donors (Lipinski definition) is 2. The molecule has 1 heterocycles. The first-order chi connectivity index (χ1) is 6.74. The van der Waals surface area contributed by atoms with Crippen LogP contribution in [0.5, 0.6) is 0 Å². The molecule has 4 heteroatoms. The molecular formula is C10H14N2OS. The highest BCUT2D eigenvalue weighted by molar-refractivity contribution is 7.80. The molecule has 0 bridgehead atoms. The highest BCUT2D eigenvalue weighted by Gasteiger charge is 2.09. The van der Waals surface area contributed by atoms with E-state index in [-0.39, 0.29) is 11.8 Å². The van der Waals surface area contributed by atoms with Gasteiger partial charge in [0, 0.05) is 17.9 Å². The number of pyridine rings is 1. The van der Waals surface area contributed by atoms with Crippen LogP contribution in [0, 0.1) is 5.92 Å². The maximum absolute atomic E-state index is 11.4. The quantitative estimate of drug-likeness (QED) is 0.735. The Morgan fingerprint density at radius 1 is 1.64 bits per heavy atom. The Kier molecular flexibility index (Phi) is 4.46. The van der Waals surface area contributed by atoms with E-state index in [4.69, 9.17) is 0 Å². The van der Waals surface area contributed by atoms with Gasteiger partial charge in [-0.05, 0) is 12.1 Å². The average molecular weight is 210 g/mol. The summed E-state index contributed by atoms with van der Waals surface area (Å²) in [6, 6.07) is 5.63. The Morgan fingerprint density at radius 3 is 3.00 bits per heavy atom. The molecule has 1 rings (SSSR count). The number of hydrogen-bond acceptors (Lipinski definition) is 3. The highest BCUT2D eigenvalue weighted by atomic mass is 32.1. The van der Waals surface area contributed by atoms with Gasteiger partial charge >= 0.3 is 0 Å². The highest BCUT2D eigenvalue weighted by Crippen LogP contribution is 1.98. The van der Waals surface area contributed by atoms with Crippen molar-refractivity contribution in [3.8, 4) is 0 Å². The van der Waals surface area contributed by atoms with Gasteiger partial charge in [-0.1, -0.05) is 13.0 Å². The van der Waals surface area contributed by atoms with Gasteiger partial charge < -0.3 is 5.32 Å². The summed E-state index contributed by atoms with van der Waals surface area (Å²) in [6.07, 6.45) is 1.71. The lowest BCUT2D eigenvalue weighted by atomic mass is 10.2. The Morgan fingerprint density at radius 2 is 2.43 bits per heavy atom. The van der Waals surface area contributed by atoms with E-state index in [1.165, 1.54) is 0 Å². The minimum absolute atomic E-state index is 0.0191. The summed E-state index contributed by atoms with van der Waals surface area (Å²) in [6.45, 7) is 2.33. The summed E-state index contributed by atoms with van der Waals surface area (Å²) in [5.74, 6) is 0.529. The fraction of sp³-hybridized carbons (Fsp3) is 0.400. The number of carbonyl (C=O) groups excluding carboxylic acids is 1. The van der Waals surface area contributed by atoms with Crippen LogP contribution in [0.3, 0.4) is 0 Å². The molecule has 76 valence electrons. The third-order valence-electron chi connectivity index (χ3n) is 1.89. The van der Waals surface area contributed by atoms with Crippen molar-refractivity contribution in [1.29, 1.82) is 0 Å². The van der Waals surface area contributed by atoms with Crippen LogP contribution in [0.4, 0.5) is 0 Å². The van der Waals surface area contributed by atoms with Gasteiger partial charge in [0.25, 0.3) is 0 Å². The summed E-state index contributed by atoms with van der Waals surface area (Å²) in [4.78, 5) is 15.5. The van der Waals surface area contributed by atoms with Crippen molar-refractivity contribution in [3.63, 3.8) is 0 Å². The van der Waals surface area contributed by atoms with Gasteiger partial charge in [-0.2, -0.15) is 12.6 Å². The fourth-order valence-corrected chi connectivity index (χ4v) is 1.10. The van der Waals surface area contributed by atoms with Crippen molar-refractivity contribution >= 4 is 18.5 Å². The molecule has 0 aliphatic rings. The predicted molar refractivity (Wildman–Crippen MR) is 59.1 cm³/mol. The second kappa shape index (κ2) is 5.65. The molecular weight excluding hydrogens is 196 g/mol. The molecule has 1 amide bonds. The molecule has 0 saturated heterocycles. The van der Waals surface area contributed by atoms with Gasteiger partial charge in [-0.25, -0.2) is 0 Å². The largest absolute Gasteiger partial charge is 0.350 e. The molecule has 14 heavy (non-hydrogen) atoms. The molecule has 1 aromatic rings. The van der Waals surface area contributed by atoms with Crippen LogP contribution in [0.1, 0.15) is 12.6 Å². The summed E-state index contributed by atoms with van der Waals surface area (Å²) in [7, 11) is 0. The molecule has 1 unspecified atom stereocenters. The maximum Gasteiger partial charge on any atom is 0.223 e. The zero-order valence-electron chi connectivity index (χ0n) is 8.10. The molecule has 0 saturated carbocycles. The van der Waals surface area contributed by atoms with Crippen LogP contribution in [0.15, 0.2) is 24.4 Å². The van der Waals surface area contributed by atoms with Gasteiger partial charge in [-0.15, -0.1) is 0 Å². The molecule has 1 atom stereocenters. The standard InChI is InChI=1S/C10H14N2OS/c1-8(7-14)10(13)12-6-9-4-2-3-5-11-9/h2-5,8,14H,6-7H2,1H3,(H,12,13). The summed E-state index contributed by atoms with van der Waals surface area (Å²) in [5, 5.41) is 2.80. The molecule has 0 fully saturated rings. The monoisotopic (exact) mass is 210 g/mol. The third kappa shape index (κ3) is 3.38. The van der Waals surface area contributed by atoms with Crippen LogP contribution in [0.2, 0.25) is 0 Å². The smallest absolute Gasteiger partial charge is 0.223 e. The SMILES string of the molecule is CC(CS)C(=O)NCc1ccccn1. The second-order valence-electron chi connectivity index (χ2n) is 3.12. The third-order valence-corrected chi connectivity index (χ3v) is 2.44. The number of nitrogens with one attached hydrogen (secondary N) is 1.